The molecule has 0 bridgehead atoms. The Balaban J connectivity index is 0.00000243. The third-order valence-electron chi connectivity index (χ3n) is 5.54. The maximum Gasteiger partial charge on any atom is 0.191 e. The highest BCUT2D eigenvalue weighted by Crippen LogP contribution is 2.27. The second-order valence-electron chi connectivity index (χ2n) is 7.35. The smallest absolute Gasteiger partial charge is 0.191 e. The highest BCUT2D eigenvalue weighted by atomic mass is 127. The lowest BCUT2D eigenvalue weighted by Crippen LogP contribution is -2.45. The van der Waals surface area contributed by atoms with E-state index in [1.54, 1.807) is 0 Å². The first-order valence-corrected chi connectivity index (χ1v) is 10.5. The summed E-state index contributed by atoms with van der Waals surface area (Å²) in [4.78, 5) is 10.9. The van der Waals surface area contributed by atoms with Gasteiger partial charge in [-0.25, -0.2) is 0 Å². The van der Waals surface area contributed by atoms with Crippen LogP contribution in [0.3, 0.4) is 0 Å². The lowest BCUT2D eigenvalue weighted by Gasteiger charge is -2.30. The van der Waals surface area contributed by atoms with Crippen molar-refractivity contribution in [1.82, 2.24) is 20.4 Å². The largest absolute Gasteiger partial charge is 0.356 e. The number of nitrogens with zero attached hydrogens (tertiary/aromatic N) is 3. The summed E-state index contributed by atoms with van der Waals surface area (Å²) in [5, 5.41) is 9.31. The van der Waals surface area contributed by atoms with Gasteiger partial charge in [0.2, 0.25) is 0 Å². The molecule has 0 aromatic carbocycles. The van der Waals surface area contributed by atoms with Crippen molar-refractivity contribution in [3.05, 3.63) is 22.4 Å². The monoisotopic (exact) mass is 491 g/mol. The van der Waals surface area contributed by atoms with E-state index in [0.717, 1.165) is 25.0 Å². The minimum atomic E-state index is 0. The number of thiophene rings is 1. The van der Waals surface area contributed by atoms with Crippen molar-refractivity contribution in [1.29, 1.82) is 0 Å². The molecule has 0 aliphatic carbocycles. The van der Waals surface area contributed by atoms with Gasteiger partial charge in [0.25, 0.3) is 0 Å². The summed E-state index contributed by atoms with van der Waals surface area (Å²) in [7, 11) is 4.09. The van der Waals surface area contributed by atoms with E-state index in [-0.39, 0.29) is 24.0 Å². The molecular weight excluding hydrogens is 457 g/mol. The highest BCUT2D eigenvalue weighted by Gasteiger charge is 2.24. The van der Waals surface area contributed by atoms with Crippen molar-refractivity contribution in [3.8, 4) is 0 Å². The molecule has 5 nitrogen and oxygen atoms in total. The van der Waals surface area contributed by atoms with Crippen LogP contribution in [0.2, 0.25) is 0 Å². The SMILES string of the molecule is CN=C(NCC1CCN(C)CC1)NCC(c1cccs1)N1CCCC1.I. The molecule has 0 spiro atoms. The van der Waals surface area contributed by atoms with Crippen LogP contribution in [0.15, 0.2) is 22.5 Å². The summed E-state index contributed by atoms with van der Waals surface area (Å²) >= 11 is 1.87. The van der Waals surface area contributed by atoms with E-state index in [4.69, 9.17) is 0 Å². The van der Waals surface area contributed by atoms with Gasteiger partial charge in [0.05, 0.1) is 6.04 Å². The van der Waals surface area contributed by atoms with Gasteiger partial charge >= 0.3 is 0 Å². The van der Waals surface area contributed by atoms with E-state index in [9.17, 15) is 0 Å². The number of guanidine groups is 1. The Morgan fingerprint density at radius 2 is 1.96 bits per heavy atom. The Bertz CT molecular complexity index is 522. The Kier molecular flexibility index (Phi) is 9.66. The number of likely N-dealkylation sites (tertiary alicyclic amines) is 2. The van der Waals surface area contributed by atoms with Crippen molar-refractivity contribution < 1.29 is 0 Å². The Hall–Kier alpha value is -0.380. The number of rotatable bonds is 6. The summed E-state index contributed by atoms with van der Waals surface area (Å²) in [5.41, 5.74) is 0. The Morgan fingerprint density at radius 3 is 2.58 bits per heavy atom. The van der Waals surface area contributed by atoms with Crippen LogP contribution in [0.5, 0.6) is 0 Å². The zero-order valence-corrected chi connectivity index (χ0v) is 19.3. The molecule has 2 saturated heterocycles. The molecule has 1 aromatic heterocycles. The molecule has 26 heavy (non-hydrogen) atoms. The standard InChI is InChI=1S/C19H33N5S.HI/c1-20-19(21-14-16-7-11-23(2)12-8-16)22-15-17(18-6-5-13-25-18)24-9-3-4-10-24;/h5-6,13,16-17H,3-4,7-12,14-15H2,1-2H3,(H2,20,21,22);1H. The molecule has 0 saturated carbocycles. The van der Waals surface area contributed by atoms with E-state index < -0.39 is 0 Å². The van der Waals surface area contributed by atoms with Gasteiger partial charge in [0.1, 0.15) is 0 Å². The van der Waals surface area contributed by atoms with Gasteiger partial charge in [-0.05, 0) is 76.3 Å². The van der Waals surface area contributed by atoms with Crippen LogP contribution in [-0.4, -0.2) is 69.1 Å². The average Bonchev–Trinajstić information content (AvgIpc) is 3.33. The molecule has 3 rings (SSSR count). The van der Waals surface area contributed by atoms with E-state index in [2.05, 4.69) is 50.0 Å². The van der Waals surface area contributed by atoms with Gasteiger partial charge in [0.15, 0.2) is 5.96 Å². The van der Waals surface area contributed by atoms with Gasteiger partial charge in [-0.1, -0.05) is 6.07 Å². The predicted molar refractivity (Wildman–Crippen MR) is 123 cm³/mol. The number of piperidine rings is 1. The molecule has 1 unspecified atom stereocenters. The van der Waals surface area contributed by atoms with Gasteiger partial charge in [-0.15, -0.1) is 35.3 Å². The Labute approximate surface area is 179 Å². The highest BCUT2D eigenvalue weighted by molar-refractivity contribution is 14.0. The molecule has 0 radical (unpaired) electrons. The lowest BCUT2D eigenvalue weighted by molar-refractivity contribution is 0.219. The lowest BCUT2D eigenvalue weighted by atomic mass is 9.97. The predicted octanol–water partition coefficient (Wildman–Crippen LogP) is 3.01. The molecule has 3 heterocycles. The fourth-order valence-electron chi connectivity index (χ4n) is 3.86. The first-order chi connectivity index (χ1) is 12.3. The molecule has 2 fully saturated rings. The molecule has 2 aliphatic rings. The topological polar surface area (TPSA) is 42.9 Å². The van der Waals surface area contributed by atoms with Crippen LogP contribution in [-0.2, 0) is 0 Å². The molecular formula is C19H34IN5S. The van der Waals surface area contributed by atoms with Crippen LogP contribution in [0.1, 0.15) is 36.6 Å². The molecule has 148 valence electrons. The molecule has 1 atom stereocenters. The van der Waals surface area contributed by atoms with Crippen molar-refractivity contribution in [2.24, 2.45) is 10.9 Å². The molecule has 2 N–H and O–H groups in total. The number of nitrogens with one attached hydrogen (secondary N) is 2. The maximum absolute atomic E-state index is 4.44. The fraction of sp³-hybridized carbons (Fsp3) is 0.737. The molecule has 1 aromatic rings. The first-order valence-electron chi connectivity index (χ1n) is 9.67. The minimum Gasteiger partial charge on any atom is -0.356 e. The molecule has 7 heteroatoms. The average molecular weight is 491 g/mol. The summed E-state index contributed by atoms with van der Waals surface area (Å²) in [6.45, 7) is 6.81. The third kappa shape index (κ3) is 6.35. The van der Waals surface area contributed by atoms with Crippen LogP contribution in [0.4, 0.5) is 0 Å². The van der Waals surface area contributed by atoms with Crippen LogP contribution >= 0.6 is 35.3 Å². The number of aliphatic imine (C=N–C) groups is 1. The first kappa shape index (κ1) is 21.9. The normalized spacial score (nSPS) is 21.4. The fourth-order valence-corrected chi connectivity index (χ4v) is 4.73. The van der Waals surface area contributed by atoms with Crippen molar-refractivity contribution in [3.63, 3.8) is 0 Å². The van der Waals surface area contributed by atoms with Crippen molar-refractivity contribution >= 4 is 41.3 Å². The quantitative estimate of drug-likeness (QED) is 0.365. The van der Waals surface area contributed by atoms with Gasteiger partial charge in [-0.3, -0.25) is 9.89 Å². The molecule has 0 amide bonds. The number of halogens is 1. The summed E-state index contributed by atoms with van der Waals surface area (Å²) in [6.07, 6.45) is 5.22. The van der Waals surface area contributed by atoms with Crippen molar-refractivity contribution in [2.45, 2.75) is 31.7 Å². The van der Waals surface area contributed by atoms with Crippen LogP contribution < -0.4 is 10.6 Å². The van der Waals surface area contributed by atoms with E-state index in [1.807, 2.05) is 18.4 Å². The van der Waals surface area contributed by atoms with Gasteiger partial charge in [0, 0.05) is 25.0 Å². The van der Waals surface area contributed by atoms with E-state index in [0.29, 0.717) is 6.04 Å². The number of hydrogen-bond acceptors (Lipinski definition) is 4. The van der Waals surface area contributed by atoms with Gasteiger partial charge in [-0.2, -0.15) is 0 Å². The Morgan fingerprint density at radius 1 is 1.23 bits per heavy atom. The van der Waals surface area contributed by atoms with E-state index in [1.165, 1.54) is 56.7 Å². The zero-order chi connectivity index (χ0) is 17.5. The van der Waals surface area contributed by atoms with Crippen molar-refractivity contribution in [2.75, 3.05) is 53.4 Å². The van der Waals surface area contributed by atoms with Crippen LogP contribution in [0.25, 0.3) is 0 Å². The zero-order valence-electron chi connectivity index (χ0n) is 16.1. The van der Waals surface area contributed by atoms with E-state index >= 15 is 0 Å². The second kappa shape index (κ2) is 11.5. The third-order valence-corrected chi connectivity index (χ3v) is 6.51. The minimum absolute atomic E-state index is 0. The molecule has 2 aliphatic heterocycles. The summed E-state index contributed by atoms with van der Waals surface area (Å²) in [6, 6.07) is 4.89. The summed E-state index contributed by atoms with van der Waals surface area (Å²) < 4.78 is 0. The van der Waals surface area contributed by atoms with Crippen LogP contribution in [0, 0.1) is 5.92 Å². The second-order valence-corrected chi connectivity index (χ2v) is 8.33. The van der Waals surface area contributed by atoms with Gasteiger partial charge < -0.3 is 15.5 Å². The summed E-state index contributed by atoms with van der Waals surface area (Å²) in [5.74, 6) is 1.71. The maximum atomic E-state index is 4.44. The number of hydrogen-bond donors (Lipinski definition) is 2.